The second-order valence-electron chi connectivity index (χ2n) is 9.55. The summed E-state index contributed by atoms with van der Waals surface area (Å²) in [7, 11) is 0. The van der Waals surface area contributed by atoms with Crippen molar-refractivity contribution in [2.45, 2.75) is 106 Å². The fraction of sp³-hybridized carbons (Fsp3) is 0.500. The van der Waals surface area contributed by atoms with E-state index in [0.717, 1.165) is 86.7 Å². The Morgan fingerprint density at radius 1 is 0.559 bits per heavy atom. The molecule has 0 spiro atoms. The molecule has 34 heavy (non-hydrogen) atoms. The standard InChI is InChI=1S/C32H44N2/c1-7-13-15-29-30(16-14-8-2)32(28-20-18-24(10-4)26(12-6)22-28)34(33)31(29)27-19-17-23(9-3)25(11-5)21-27/h17-22H,7-16H2,1-6H3. The highest BCUT2D eigenvalue weighted by molar-refractivity contribution is 5.82. The van der Waals surface area contributed by atoms with Gasteiger partial charge in [-0.25, -0.2) is 4.70 Å². The lowest BCUT2D eigenvalue weighted by atomic mass is 9.90. The summed E-state index contributed by atoms with van der Waals surface area (Å²) in [5.74, 6) is 0. The molecule has 0 aliphatic carbocycles. The number of rotatable bonds is 12. The van der Waals surface area contributed by atoms with Crippen LogP contribution in [0.25, 0.3) is 16.9 Å². The molecule has 0 N–H and O–H groups in total. The van der Waals surface area contributed by atoms with Gasteiger partial charge in [0.2, 0.25) is 11.4 Å². The number of aryl methyl sites for hydroxylation is 4. The first kappa shape index (κ1) is 26.1. The first-order chi connectivity index (χ1) is 16.5. The molecule has 3 rings (SSSR count). The summed E-state index contributed by atoms with van der Waals surface area (Å²) in [5, 5.41) is 0. The fourth-order valence-electron chi connectivity index (χ4n) is 5.39. The molecule has 0 atom stereocenters. The third-order valence-corrected chi connectivity index (χ3v) is 7.40. The van der Waals surface area contributed by atoms with Gasteiger partial charge in [0, 0.05) is 22.3 Å². The van der Waals surface area contributed by atoms with Crippen LogP contribution in [0, 0.1) is 0 Å². The minimum Gasteiger partial charge on any atom is -0.493 e. The predicted molar refractivity (Wildman–Crippen MR) is 147 cm³/mol. The maximum atomic E-state index is 11.8. The van der Waals surface area contributed by atoms with Crippen molar-refractivity contribution in [3.63, 3.8) is 0 Å². The molecule has 2 aromatic carbocycles. The molecule has 1 aliphatic rings. The van der Waals surface area contributed by atoms with Gasteiger partial charge in [-0.2, -0.15) is 0 Å². The summed E-state index contributed by atoms with van der Waals surface area (Å²) in [4.78, 5) is 0. The third kappa shape index (κ3) is 5.27. The molecule has 0 saturated carbocycles. The van der Waals surface area contributed by atoms with Crippen LogP contribution in [0.2, 0.25) is 0 Å². The number of unbranched alkanes of at least 4 members (excludes halogenated alkanes) is 2. The lowest BCUT2D eigenvalue weighted by Gasteiger charge is -2.14. The highest BCUT2D eigenvalue weighted by atomic mass is 15.2. The van der Waals surface area contributed by atoms with Crippen LogP contribution in [0.15, 0.2) is 47.5 Å². The molecule has 2 aromatic rings. The Morgan fingerprint density at radius 3 is 1.26 bits per heavy atom. The van der Waals surface area contributed by atoms with Gasteiger partial charge in [-0.05, 0) is 97.9 Å². The Kier molecular flexibility index (Phi) is 9.45. The Balaban J connectivity index is 2.21. The average Bonchev–Trinajstić information content (AvgIpc) is 3.15. The number of hydrogen-bond acceptors (Lipinski definition) is 0. The molecule has 0 aromatic heterocycles. The van der Waals surface area contributed by atoms with E-state index < -0.39 is 0 Å². The maximum absolute atomic E-state index is 11.8. The SMILES string of the molecule is CCCCC1=C(c2ccc(CC)c(CC)c2)[N+](=[N-])C(c2ccc(CC)c(CC)c2)=C1CCCC. The summed E-state index contributed by atoms with van der Waals surface area (Å²) in [6.45, 7) is 13.4. The minimum atomic E-state index is 1.00. The maximum Gasteiger partial charge on any atom is 0.211 e. The Bertz CT molecular complexity index is 999. The zero-order valence-electron chi connectivity index (χ0n) is 22.4. The first-order valence-electron chi connectivity index (χ1n) is 13.7. The van der Waals surface area contributed by atoms with Gasteiger partial charge in [-0.1, -0.05) is 66.5 Å². The zero-order valence-corrected chi connectivity index (χ0v) is 22.4. The van der Waals surface area contributed by atoms with Gasteiger partial charge in [-0.3, -0.25) is 0 Å². The van der Waals surface area contributed by atoms with Crippen LogP contribution in [-0.4, -0.2) is 4.70 Å². The van der Waals surface area contributed by atoms with Crippen molar-refractivity contribution in [3.8, 4) is 0 Å². The van der Waals surface area contributed by atoms with Crippen molar-refractivity contribution >= 4 is 11.4 Å². The predicted octanol–water partition coefficient (Wildman–Crippen LogP) is 9.49. The van der Waals surface area contributed by atoms with Crippen LogP contribution in [0.3, 0.4) is 0 Å². The van der Waals surface area contributed by atoms with Crippen LogP contribution in [-0.2, 0) is 25.7 Å². The van der Waals surface area contributed by atoms with Crippen molar-refractivity contribution in [2.75, 3.05) is 0 Å². The van der Waals surface area contributed by atoms with Crippen LogP contribution >= 0.6 is 0 Å². The van der Waals surface area contributed by atoms with Gasteiger partial charge in [-0.15, -0.1) is 0 Å². The summed E-state index contributed by atoms with van der Waals surface area (Å²) in [6, 6.07) is 13.6. The van der Waals surface area contributed by atoms with E-state index in [9.17, 15) is 5.53 Å². The highest BCUT2D eigenvalue weighted by Crippen LogP contribution is 2.45. The van der Waals surface area contributed by atoms with Gasteiger partial charge in [0.25, 0.3) is 0 Å². The van der Waals surface area contributed by atoms with Crippen molar-refractivity contribution in [2.24, 2.45) is 0 Å². The van der Waals surface area contributed by atoms with Crippen molar-refractivity contribution < 1.29 is 4.70 Å². The van der Waals surface area contributed by atoms with E-state index in [1.807, 2.05) is 0 Å². The number of nitrogens with zero attached hydrogens (tertiary/aromatic N) is 2. The number of hydrogen-bond donors (Lipinski definition) is 0. The quantitative estimate of drug-likeness (QED) is 0.284. The van der Waals surface area contributed by atoms with E-state index >= 15 is 0 Å². The third-order valence-electron chi connectivity index (χ3n) is 7.40. The lowest BCUT2D eigenvalue weighted by molar-refractivity contribution is -0.345. The normalized spacial score (nSPS) is 14.0. The van der Waals surface area contributed by atoms with Crippen molar-refractivity contribution in [1.82, 2.24) is 0 Å². The second kappa shape index (κ2) is 12.3. The molecule has 0 amide bonds. The van der Waals surface area contributed by atoms with Crippen LogP contribution < -0.4 is 0 Å². The monoisotopic (exact) mass is 456 g/mol. The van der Waals surface area contributed by atoms with Crippen LogP contribution in [0.1, 0.15) is 113 Å². The molecular formula is C32H44N2. The summed E-state index contributed by atoms with van der Waals surface area (Å²) < 4.78 is 1.54. The van der Waals surface area contributed by atoms with Gasteiger partial charge in [0.1, 0.15) is 0 Å². The molecule has 1 aliphatic heterocycles. The van der Waals surface area contributed by atoms with Crippen LogP contribution in [0.4, 0.5) is 0 Å². The summed E-state index contributed by atoms with van der Waals surface area (Å²) in [5.41, 5.74) is 24.4. The topological polar surface area (TPSA) is 25.3 Å². The Labute approximate surface area is 208 Å². The molecule has 2 heteroatoms. The highest BCUT2D eigenvalue weighted by Gasteiger charge is 2.35. The molecule has 182 valence electrons. The smallest absolute Gasteiger partial charge is 0.211 e. The lowest BCUT2D eigenvalue weighted by Crippen LogP contribution is -2.05. The minimum absolute atomic E-state index is 1.00. The van der Waals surface area contributed by atoms with Crippen molar-refractivity contribution in [3.05, 3.63) is 86.5 Å². The van der Waals surface area contributed by atoms with Gasteiger partial charge >= 0.3 is 0 Å². The molecule has 1 heterocycles. The Hall–Kier alpha value is -2.48. The fourth-order valence-corrected chi connectivity index (χ4v) is 5.39. The van der Waals surface area contributed by atoms with E-state index in [0.29, 0.717) is 0 Å². The average molecular weight is 457 g/mol. The van der Waals surface area contributed by atoms with Gasteiger partial charge in [0.05, 0.1) is 0 Å². The number of allylic oxidation sites excluding steroid dienone is 2. The molecular weight excluding hydrogens is 412 g/mol. The molecule has 0 saturated heterocycles. The Morgan fingerprint density at radius 2 is 0.941 bits per heavy atom. The van der Waals surface area contributed by atoms with Gasteiger partial charge < -0.3 is 5.53 Å². The van der Waals surface area contributed by atoms with Crippen LogP contribution in [0.5, 0.6) is 0 Å². The molecule has 0 unspecified atom stereocenters. The summed E-state index contributed by atoms with van der Waals surface area (Å²) >= 11 is 0. The molecule has 0 radical (unpaired) electrons. The van der Waals surface area contributed by atoms with E-state index in [-0.39, 0.29) is 0 Å². The number of benzene rings is 2. The molecule has 0 bridgehead atoms. The largest absolute Gasteiger partial charge is 0.493 e. The summed E-state index contributed by atoms with van der Waals surface area (Å²) in [6.07, 6.45) is 10.7. The van der Waals surface area contributed by atoms with E-state index in [2.05, 4.69) is 77.9 Å². The first-order valence-corrected chi connectivity index (χ1v) is 13.7. The zero-order chi connectivity index (χ0) is 24.7. The molecule has 2 nitrogen and oxygen atoms in total. The van der Waals surface area contributed by atoms with Crippen molar-refractivity contribution in [1.29, 1.82) is 0 Å². The van der Waals surface area contributed by atoms with Gasteiger partial charge in [0.15, 0.2) is 0 Å². The van der Waals surface area contributed by atoms with E-state index in [1.54, 1.807) is 0 Å². The van der Waals surface area contributed by atoms with E-state index in [4.69, 9.17) is 0 Å². The van der Waals surface area contributed by atoms with E-state index in [1.165, 1.54) is 38.1 Å². The molecule has 0 fully saturated rings. The second-order valence-corrected chi connectivity index (χ2v) is 9.55.